The summed E-state index contributed by atoms with van der Waals surface area (Å²) in [6.45, 7) is 4.05. The van der Waals surface area contributed by atoms with Crippen LogP contribution in [0.15, 0.2) is 48.8 Å². The van der Waals surface area contributed by atoms with Gasteiger partial charge in [0.2, 0.25) is 5.91 Å². The van der Waals surface area contributed by atoms with E-state index in [0.29, 0.717) is 12.3 Å². The van der Waals surface area contributed by atoms with Gasteiger partial charge in [-0.1, -0.05) is 44.2 Å². The molecular weight excluding hydrogens is 236 g/mol. The molecule has 3 heteroatoms. The summed E-state index contributed by atoms with van der Waals surface area (Å²) < 4.78 is 0. The van der Waals surface area contributed by atoms with E-state index in [1.807, 2.05) is 50.2 Å². The van der Waals surface area contributed by atoms with Crippen molar-refractivity contribution < 1.29 is 4.79 Å². The molecule has 0 aliphatic heterocycles. The minimum atomic E-state index is 0.0296. The maximum absolute atomic E-state index is 11.7. The van der Waals surface area contributed by atoms with E-state index in [2.05, 4.69) is 10.3 Å². The number of nitrogens with zero attached hydrogens (tertiary/aromatic N) is 1. The lowest BCUT2D eigenvalue weighted by atomic mass is 10.1. The molecule has 1 aromatic carbocycles. The lowest BCUT2D eigenvalue weighted by Crippen LogP contribution is -2.13. The molecule has 0 saturated heterocycles. The van der Waals surface area contributed by atoms with Crippen molar-refractivity contribution in [2.75, 3.05) is 5.32 Å². The van der Waals surface area contributed by atoms with Crippen LogP contribution in [0.2, 0.25) is 0 Å². The van der Waals surface area contributed by atoms with Crippen molar-refractivity contribution in [3.05, 3.63) is 48.8 Å². The average molecular weight is 254 g/mol. The zero-order valence-electron chi connectivity index (χ0n) is 11.3. The molecule has 0 atom stereocenters. The molecule has 2 rings (SSSR count). The number of hydrogen-bond acceptors (Lipinski definition) is 2. The van der Waals surface area contributed by atoms with Crippen molar-refractivity contribution in [2.45, 2.75) is 20.3 Å². The van der Waals surface area contributed by atoms with Crippen LogP contribution < -0.4 is 5.32 Å². The van der Waals surface area contributed by atoms with Crippen LogP contribution >= 0.6 is 0 Å². The number of carbonyl (C=O) groups is 1. The van der Waals surface area contributed by atoms with Crippen LogP contribution in [0.25, 0.3) is 11.1 Å². The van der Waals surface area contributed by atoms with Crippen LogP contribution in [0, 0.1) is 5.92 Å². The molecular formula is C16H18N2O. The summed E-state index contributed by atoms with van der Waals surface area (Å²) in [6, 6.07) is 11.9. The summed E-state index contributed by atoms with van der Waals surface area (Å²) in [6.07, 6.45) is 3.99. The van der Waals surface area contributed by atoms with Crippen LogP contribution in [0.5, 0.6) is 0 Å². The number of nitrogens with one attached hydrogen (secondary N) is 1. The standard InChI is InChI=1S/C16H18N2O/c1-12(2)8-16(19)18-15-9-14(10-17-11-15)13-6-4-3-5-7-13/h3-7,9-12H,8H2,1-2H3,(H,18,19). The number of benzene rings is 1. The highest BCUT2D eigenvalue weighted by Gasteiger charge is 2.06. The minimum absolute atomic E-state index is 0.0296. The SMILES string of the molecule is CC(C)CC(=O)Nc1cncc(-c2ccccc2)c1. The molecule has 0 fully saturated rings. The fraction of sp³-hybridized carbons (Fsp3) is 0.250. The number of amides is 1. The molecule has 0 aliphatic rings. The fourth-order valence-corrected chi connectivity index (χ4v) is 1.88. The largest absolute Gasteiger partial charge is 0.325 e. The molecule has 0 bridgehead atoms. The van der Waals surface area contributed by atoms with Crippen molar-refractivity contribution in [2.24, 2.45) is 5.92 Å². The average Bonchev–Trinajstić information content (AvgIpc) is 2.39. The topological polar surface area (TPSA) is 42.0 Å². The van der Waals surface area contributed by atoms with E-state index in [-0.39, 0.29) is 5.91 Å². The van der Waals surface area contributed by atoms with Crippen LogP contribution in [0.3, 0.4) is 0 Å². The Balaban J connectivity index is 2.14. The van der Waals surface area contributed by atoms with E-state index < -0.39 is 0 Å². The summed E-state index contributed by atoms with van der Waals surface area (Å²) in [5, 5.41) is 2.88. The van der Waals surface area contributed by atoms with Gasteiger partial charge in [0.1, 0.15) is 0 Å². The van der Waals surface area contributed by atoms with Gasteiger partial charge in [0.05, 0.1) is 11.9 Å². The molecule has 1 amide bonds. The van der Waals surface area contributed by atoms with Crippen molar-refractivity contribution in [1.29, 1.82) is 0 Å². The van der Waals surface area contributed by atoms with Gasteiger partial charge in [0.25, 0.3) is 0 Å². The summed E-state index contributed by atoms with van der Waals surface area (Å²) >= 11 is 0. The van der Waals surface area contributed by atoms with Crippen LogP contribution in [0.4, 0.5) is 5.69 Å². The quantitative estimate of drug-likeness (QED) is 0.903. The van der Waals surface area contributed by atoms with Crippen molar-refractivity contribution in [3.8, 4) is 11.1 Å². The molecule has 0 radical (unpaired) electrons. The molecule has 1 aromatic heterocycles. The maximum atomic E-state index is 11.7. The second kappa shape index (κ2) is 6.14. The summed E-state index contributed by atoms with van der Waals surface area (Å²) in [5.41, 5.74) is 2.84. The van der Waals surface area contributed by atoms with E-state index in [1.54, 1.807) is 12.4 Å². The zero-order valence-corrected chi connectivity index (χ0v) is 11.3. The van der Waals surface area contributed by atoms with Gasteiger partial charge in [-0.3, -0.25) is 9.78 Å². The van der Waals surface area contributed by atoms with Crippen molar-refractivity contribution in [1.82, 2.24) is 4.98 Å². The maximum Gasteiger partial charge on any atom is 0.224 e. The monoisotopic (exact) mass is 254 g/mol. The van der Waals surface area contributed by atoms with E-state index >= 15 is 0 Å². The van der Waals surface area contributed by atoms with Gasteiger partial charge in [-0.2, -0.15) is 0 Å². The highest BCUT2D eigenvalue weighted by Crippen LogP contribution is 2.21. The molecule has 1 N–H and O–H groups in total. The molecule has 0 aliphatic carbocycles. The Morgan fingerprint density at radius 3 is 2.58 bits per heavy atom. The number of carbonyl (C=O) groups excluding carboxylic acids is 1. The van der Waals surface area contributed by atoms with Crippen molar-refractivity contribution in [3.63, 3.8) is 0 Å². The first-order valence-corrected chi connectivity index (χ1v) is 6.45. The Bertz CT molecular complexity index is 550. The fourth-order valence-electron chi connectivity index (χ4n) is 1.88. The molecule has 2 aromatic rings. The number of hydrogen-bond donors (Lipinski definition) is 1. The lowest BCUT2D eigenvalue weighted by Gasteiger charge is -2.08. The second-order valence-corrected chi connectivity index (χ2v) is 4.97. The summed E-state index contributed by atoms with van der Waals surface area (Å²) in [4.78, 5) is 15.9. The highest BCUT2D eigenvalue weighted by atomic mass is 16.1. The molecule has 0 saturated carbocycles. The Labute approximate surface area is 113 Å². The van der Waals surface area contributed by atoms with Gasteiger partial charge >= 0.3 is 0 Å². The summed E-state index contributed by atoms with van der Waals surface area (Å²) in [5.74, 6) is 0.382. The predicted octanol–water partition coefficient (Wildman–Crippen LogP) is 3.73. The Hall–Kier alpha value is -2.16. The molecule has 0 spiro atoms. The van der Waals surface area contributed by atoms with Crippen molar-refractivity contribution >= 4 is 11.6 Å². The minimum Gasteiger partial charge on any atom is -0.325 e. The lowest BCUT2D eigenvalue weighted by molar-refractivity contribution is -0.116. The molecule has 1 heterocycles. The first kappa shape index (κ1) is 13.3. The third-order valence-corrected chi connectivity index (χ3v) is 2.72. The van der Waals surface area contributed by atoms with E-state index in [4.69, 9.17) is 0 Å². The van der Waals surface area contributed by atoms with Gasteiger partial charge in [-0.05, 0) is 17.5 Å². The first-order chi connectivity index (χ1) is 9.15. The number of aromatic nitrogens is 1. The Kier molecular flexibility index (Phi) is 4.29. The number of pyridine rings is 1. The van der Waals surface area contributed by atoms with E-state index in [0.717, 1.165) is 16.8 Å². The zero-order chi connectivity index (χ0) is 13.7. The smallest absolute Gasteiger partial charge is 0.224 e. The summed E-state index contributed by atoms with van der Waals surface area (Å²) in [7, 11) is 0. The van der Waals surface area contributed by atoms with Gasteiger partial charge in [-0.15, -0.1) is 0 Å². The molecule has 98 valence electrons. The third kappa shape index (κ3) is 3.91. The van der Waals surface area contributed by atoms with E-state index in [1.165, 1.54) is 0 Å². The van der Waals surface area contributed by atoms with Crippen LogP contribution in [0.1, 0.15) is 20.3 Å². The van der Waals surface area contributed by atoms with Gasteiger partial charge in [0, 0.05) is 18.2 Å². The molecule has 0 unspecified atom stereocenters. The van der Waals surface area contributed by atoms with Crippen LogP contribution in [-0.2, 0) is 4.79 Å². The number of anilines is 1. The third-order valence-electron chi connectivity index (χ3n) is 2.72. The normalized spacial score (nSPS) is 10.5. The van der Waals surface area contributed by atoms with Gasteiger partial charge < -0.3 is 5.32 Å². The highest BCUT2D eigenvalue weighted by molar-refractivity contribution is 5.91. The first-order valence-electron chi connectivity index (χ1n) is 6.45. The van der Waals surface area contributed by atoms with Crippen LogP contribution in [-0.4, -0.2) is 10.9 Å². The van der Waals surface area contributed by atoms with E-state index in [9.17, 15) is 4.79 Å². The Morgan fingerprint density at radius 1 is 1.16 bits per heavy atom. The van der Waals surface area contributed by atoms with Gasteiger partial charge in [0.15, 0.2) is 0 Å². The number of rotatable bonds is 4. The molecule has 19 heavy (non-hydrogen) atoms. The second-order valence-electron chi connectivity index (χ2n) is 4.97. The molecule has 3 nitrogen and oxygen atoms in total. The Morgan fingerprint density at radius 2 is 1.89 bits per heavy atom. The van der Waals surface area contributed by atoms with Gasteiger partial charge in [-0.25, -0.2) is 0 Å². The predicted molar refractivity (Wildman–Crippen MR) is 77.8 cm³/mol.